The summed E-state index contributed by atoms with van der Waals surface area (Å²) in [7, 11) is 0. The predicted octanol–water partition coefficient (Wildman–Crippen LogP) is 4.37. The van der Waals surface area contributed by atoms with Crippen LogP contribution in [-0.2, 0) is 0 Å². The predicted molar refractivity (Wildman–Crippen MR) is 109 cm³/mol. The molecule has 1 fully saturated rings. The van der Waals surface area contributed by atoms with Gasteiger partial charge in [0.25, 0.3) is 11.8 Å². The lowest BCUT2D eigenvalue weighted by molar-refractivity contribution is 0.0949. The van der Waals surface area contributed by atoms with E-state index in [0.29, 0.717) is 22.2 Å². The maximum absolute atomic E-state index is 12.8. The average Bonchev–Trinajstić information content (AvgIpc) is 3.36. The molecule has 5 nitrogen and oxygen atoms in total. The van der Waals surface area contributed by atoms with Crippen molar-refractivity contribution < 1.29 is 9.59 Å². The highest BCUT2D eigenvalue weighted by molar-refractivity contribution is 7.20. The van der Waals surface area contributed by atoms with E-state index in [2.05, 4.69) is 15.6 Å². The lowest BCUT2D eigenvalue weighted by Crippen LogP contribution is -2.25. The van der Waals surface area contributed by atoms with Gasteiger partial charge < -0.3 is 10.6 Å². The molecule has 3 aromatic rings. The molecule has 1 aromatic carbocycles. The van der Waals surface area contributed by atoms with E-state index in [4.69, 9.17) is 0 Å². The van der Waals surface area contributed by atoms with Crippen molar-refractivity contribution in [2.75, 3.05) is 5.32 Å². The Balaban J connectivity index is 1.59. The summed E-state index contributed by atoms with van der Waals surface area (Å²) >= 11 is 1.40. The Labute approximate surface area is 161 Å². The van der Waals surface area contributed by atoms with Gasteiger partial charge in [0.05, 0.1) is 4.88 Å². The summed E-state index contributed by atoms with van der Waals surface area (Å²) in [5, 5.41) is 6.93. The number of aryl methyl sites for hydroxylation is 3. The maximum atomic E-state index is 12.8. The number of fused-ring (bicyclic) bond motifs is 1. The number of aromatic nitrogens is 1. The highest BCUT2D eigenvalue weighted by Crippen LogP contribution is 2.32. The zero-order valence-electron chi connectivity index (χ0n) is 15.6. The van der Waals surface area contributed by atoms with Gasteiger partial charge >= 0.3 is 0 Å². The SMILES string of the molecule is Cc1cc(C)c2c(C)c(C(=O)Nc3cccc(C(=O)NC4CC4)c3)sc2n1. The van der Waals surface area contributed by atoms with E-state index >= 15 is 0 Å². The smallest absolute Gasteiger partial charge is 0.266 e. The molecule has 0 atom stereocenters. The zero-order valence-corrected chi connectivity index (χ0v) is 16.4. The average molecular weight is 379 g/mol. The van der Waals surface area contributed by atoms with Crippen LogP contribution >= 0.6 is 11.3 Å². The molecule has 0 aliphatic heterocycles. The second-order valence-electron chi connectivity index (χ2n) is 7.10. The fourth-order valence-corrected chi connectivity index (χ4v) is 4.46. The van der Waals surface area contributed by atoms with E-state index in [9.17, 15) is 9.59 Å². The van der Waals surface area contributed by atoms with Gasteiger partial charge in [-0.1, -0.05) is 6.07 Å². The first kappa shape index (κ1) is 17.7. The van der Waals surface area contributed by atoms with Gasteiger partial charge in [-0.05, 0) is 69.0 Å². The molecule has 2 amide bonds. The quantitative estimate of drug-likeness (QED) is 0.707. The van der Waals surface area contributed by atoms with Crippen LogP contribution < -0.4 is 10.6 Å². The van der Waals surface area contributed by atoms with E-state index in [0.717, 1.165) is 39.9 Å². The summed E-state index contributed by atoms with van der Waals surface area (Å²) in [6.45, 7) is 5.96. The van der Waals surface area contributed by atoms with Crippen LogP contribution in [0.2, 0.25) is 0 Å². The van der Waals surface area contributed by atoms with E-state index < -0.39 is 0 Å². The molecule has 1 aliphatic carbocycles. The van der Waals surface area contributed by atoms with Crippen molar-refractivity contribution in [3.63, 3.8) is 0 Å². The van der Waals surface area contributed by atoms with Gasteiger partial charge in [0.2, 0.25) is 0 Å². The number of nitrogens with zero attached hydrogens (tertiary/aromatic N) is 1. The number of nitrogens with one attached hydrogen (secondary N) is 2. The number of carbonyl (C=O) groups is 2. The molecule has 0 radical (unpaired) electrons. The van der Waals surface area contributed by atoms with Gasteiger partial charge in [0, 0.05) is 28.4 Å². The summed E-state index contributed by atoms with van der Waals surface area (Å²) in [4.78, 5) is 31.2. The second-order valence-corrected chi connectivity index (χ2v) is 8.10. The number of benzene rings is 1. The molecule has 2 heterocycles. The number of anilines is 1. The molecule has 6 heteroatoms. The van der Waals surface area contributed by atoms with E-state index in [1.54, 1.807) is 24.3 Å². The minimum absolute atomic E-state index is 0.0954. The first-order valence-corrected chi connectivity index (χ1v) is 9.83. The van der Waals surface area contributed by atoms with Gasteiger partial charge in [-0.25, -0.2) is 4.98 Å². The molecule has 1 saturated carbocycles. The summed E-state index contributed by atoms with van der Waals surface area (Å²) in [6.07, 6.45) is 2.08. The molecule has 1 aliphatic rings. The first-order chi connectivity index (χ1) is 12.9. The van der Waals surface area contributed by atoms with Gasteiger partial charge in [0.15, 0.2) is 0 Å². The molecule has 4 rings (SSSR count). The van der Waals surface area contributed by atoms with Crippen LogP contribution in [0.4, 0.5) is 5.69 Å². The van der Waals surface area contributed by atoms with Crippen molar-refractivity contribution >= 4 is 39.1 Å². The van der Waals surface area contributed by atoms with Gasteiger partial charge in [0.1, 0.15) is 4.83 Å². The fourth-order valence-electron chi connectivity index (χ4n) is 3.26. The third-order valence-electron chi connectivity index (χ3n) is 4.73. The lowest BCUT2D eigenvalue weighted by atomic mass is 10.1. The van der Waals surface area contributed by atoms with E-state index in [1.165, 1.54) is 11.3 Å². The number of carbonyl (C=O) groups excluding carboxylic acids is 2. The Morgan fingerprint density at radius 3 is 2.63 bits per heavy atom. The molecule has 138 valence electrons. The number of rotatable bonds is 4. The molecule has 0 spiro atoms. The third-order valence-corrected chi connectivity index (χ3v) is 5.91. The normalized spacial score (nSPS) is 13.6. The zero-order chi connectivity index (χ0) is 19.1. The monoisotopic (exact) mass is 379 g/mol. The molecule has 0 unspecified atom stereocenters. The largest absolute Gasteiger partial charge is 0.349 e. The standard InChI is InChI=1S/C21H21N3O2S/c1-11-9-12(2)22-21-17(11)13(3)18(27-21)20(26)24-16-6-4-5-14(10-16)19(25)23-15-7-8-15/h4-6,9-10,15H,7-8H2,1-3H3,(H,23,25)(H,24,26). The molecule has 0 bridgehead atoms. The Morgan fingerprint density at radius 1 is 1.11 bits per heavy atom. The molecular formula is C21H21N3O2S. The second kappa shape index (κ2) is 6.78. The highest BCUT2D eigenvalue weighted by Gasteiger charge is 2.24. The fraction of sp³-hybridized carbons (Fsp3) is 0.286. The van der Waals surface area contributed by atoms with Crippen LogP contribution in [0.1, 0.15) is 49.7 Å². The first-order valence-electron chi connectivity index (χ1n) is 9.02. The number of hydrogen-bond acceptors (Lipinski definition) is 4. The minimum atomic E-state index is -0.174. The van der Waals surface area contributed by atoms with Crippen LogP contribution in [0.3, 0.4) is 0 Å². The summed E-state index contributed by atoms with van der Waals surface area (Å²) < 4.78 is 0. The summed E-state index contributed by atoms with van der Waals surface area (Å²) in [5.74, 6) is -0.269. The Morgan fingerprint density at radius 2 is 1.89 bits per heavy atom. The molecule has 2 aromatic heterocycles. The molecular weight excluding hydrogens is 358 g/mol. The third kappa shape index (κ3) is 3.57. The van der Waals surface area contributed by atoms with Gasteiger partial charge in [-0.2, -0.15) is 0 Å². The molecule has 2 N–H and O–H groups in total. The van der Waals surface area contributed by atoms with Crippen molar-refractivity contribution in [2.24, 2.45) is 0 Å². The van der Waals surface area contributed by atoms with Crippen LogP contribution in [0.5, 0.6) is 0 Å². The van der Waals surface area contributed by atoms with E-state index in [-0.39, 0.29) is 11.8 Å². The molecule has 27 heavy (non-hydrogen) atoms. The van der Waals surface area contributed by atoms with Crippen LogP contribution in [0.15, 0.2) is 30.3 Å². The van der Waals surface area contributed by atoms with Crippen molar-refractivity contribution in [2.45, 2.75) is 39.7 Å². The van der Waals surface area contributed by atoms with E-state index in [1.807, 2.05) is 26.8 Å². The summed E-state index contributed by atoms with van der Waals surface area (Å²) in [6, 6.07) is 9.38. The number of thiophene rings is 1. The minimum Gasteiger partial charge on any atom is -0.349 e. The van der Waals surface area contributed by atoms with Crippen molar-refractivity contribution in [3.8, 4) is 0 Å². The van der Waals surface area contributed by atoms with Gasteiger partial charge in [-0.3, -0.25) is 9.59 Å². The summed E-state index contributed by atoms with van der Waals surface area (Å²) in [5.41, 5.74) is 4.19. The van der Waals surface area contributed by atoms with Crippen LogP contribution in [0, 0.1) is 20.8 Å². The lowest BCUT2D eigenvalue weighted by Gasteiger charge is -2.08. The van der Waals surface area contributed by atoms with Crippen molar-refractivity contribution in [1.82, 2.24) is 10.3 Å². The number of hydrogen-bond donors (Lipinski definition) is 2. The Kier molecular flexibility index (Phi) is 4.44. The van der Waals surface area contributed by atoms with Gasteiger partial charge in [-0.15, -0.1) is 11.3 Å². The number of amides is 2. The van der Waals surface area contributed by atoms with Crippen molar-refractivity contribution in [3.05, 3.63) is 57.6 Å². The Hall–Kier alpha value is -2.73. The van der Waals surface area contributed by atoms with Crippen LogP contribution in [0.25, 0.3) is 10.2 Å². The topological polar surface area (TPSA) is 71.1 Å². The Bertz CT molecular complexity index is 1070. The number of pyridine rings is 1. The maximum Gasteiger partial charge on any atom is 0.266 e. The highest BCUT2D eigenvalue weighted by atomic mass is 32.1. The van der Waals surface area contributed by atoms with Crippen molar-refractivity contribution in [1.29, 1.82) is 0 Å². The molecule has 0 saturated heterocycles. The van der Waals surface area contributed by atoms with Crippen LogP contribution in [-0.4, -0.2) is 22.8 Å².